The zero-order chi connectivity index (χ0) is 47.7. The SMILES string of the molecule is CC(C)(C)c1cc2cc(C(C)(C)C)cc3c4cc(C(C)(C)C)cc5cc(C(C)(C)C)cc(c(c1)c23)c54.c1cc(-n2c3ccccc3c3ccccc32)nc(-n2c3ccccc3c3ccccc32)c1. The van der Waals surface area contributed by atoms with Gasteiger partial charge < -0.3 is 0 Å². The molecule has 0 bridgehead atoms. The average molecular weight is 886 g/mol. The van der Waals surface area contributed by atoms with Gasteiger partial charge in [-0.1, -0.05) is 186 Å². The minimum atomic E-state index is 0.0830. The van der Waals surface area contributed by atoms with E-state index in [4.69, 9.17) is 4.98 Å². The normalized spacial score (nSPS) is 13.0. The van der Waals surface area contributed by atoms with Crippen LogP contribution in [0.1, 0.15) is 105 Å². The molecule has 0 fully saturated rings. The summed E-state index contributed by atoms with van der Waals surface area (Å²) >= 11 is 0. The highest BCUT2D eigenvalue weighted by Gasteiger charge is 2.26. The minimum absolute atomic E-state index is 0.0830. The Kier molecular flexibility index (Phi) is 9.79. The molecular weight excluding hydrogens is 823 g/mol. The van der Waals surface area contributed by atoms with Crippen molar-refractivity contribution in [3.63, 3.8) is 0 Å². The highest BCUT2D eigenvalue weighted by Crippen LogP contribution is 2.47. The van der Waals surface area contributed by atoms with Crippen LogP contribution in [0, 0.1) is 0 Å². The molecule has 9 aromatic carbocycles. The van der Waals surface area contributed by atoms with Crippen LogP contribution in [0.5, 0.6) is 0 Å². The van der Waals surface area contributed by atoms with Gasteiger partial charge in [-0.25, -0.2) is 4.98 Å². The molecule has 0 aliphatic heterocycles. The van der Waals surface area contributed by atoms with Crippen LogP contribution >= 0.6 is 0 Å². The van der Waals surface area contributed by atoms with E-state index in [0.29, 0.717) is 0 Å². The Bertz CT molecular complexity index is 3460. The molecule has 0 unspecified atom stereocenters. The summed E-state index contributed by atoms with van der Waals surface area (Å²) in [6.07, 6.45) is 0. The molecule has 0 atom stereocenters. The second kappa shape index (κ2) is 15.3. The van der Waals surface area contributed by atoms with E-state index in [1.807, 2.05) is 0 Å². The first-order valence-corrected chi connectivity index (χ1v) is 24.5. The second-order valence-corrected chi connectivity index (χ2v) is 23.4. The number of hydrogen-bond donors (Lipinski definition) is 0. The number of pyridine rings is 1. The van der Waals surface area contributed by atoms with Gasteiger partial charge in [-0.3, -0.25) is 9.13 Å². The maximum Gasteiger partial charge on any atom is 0.140 e. The van der Waals surface area contributed by atoms with Gasteiger partial charge in [0.05, 0.1) is 22.1 Å². The summed E-state index contributed by atoms with van der Waals surface area (Å²) in [5, 5.41) is 16.2. The van der Waals surface area contributed by atoms with Crippen LogP contribution in [0.2, 0.25) is 0 Å². The topological polar surface area (TPSA) is 22.8 Å². The standard InChI is InChI=1S/C36H44.C29H19N3/c1-33(2,3)23-13-21-14-24(34(4,5)6)19-29-30-20-26(36(10,11)12)16-22-15-25(35(7,8)9)18-28(32(22)30)27(17-23)31(21)29;1-5-14-24-20(10-1)21-11-2-6-15-25(21)31(24)28-18-9-19-29(30-28)32-26-16-7-3-12-22(26)23-13-4-8-17-27(23)32/h13-20H,1-12H3;1-19H. The van der Waals surface area contributed by atoms with E-state index >= 15 is 0 Å². The second-order valence-electron chi connectivity index (χ2n) is 23.4. The Balaban J connectivity index is 0.000000150. The highest BCUT2D eigenvalue weighted by atomic mass is 15.1. The molecule has 0 saturated heterocycles. The molecule has 12 aromatic rings. The van der Waals surface area contributed by atoms with E-state index in [1.165, 1.54) is 109 Å². The first-order chi connectivity index (χ1) is 32.3. The molecule has 12 rings (SSSR count). The number of rotatable bonds is 2. The fourth-order valence-corrected chi connectivity index (χ4v) is 10.6. The largest absolute Gasteiger partial charge is 0.294 e. The third-order valence-corrected chi connectivity index (χ3v) is 14.5. The highest BCUT2D eigenvalue weighted by molar-refractivity contribution is 6.33. The van der Waals surface area contributed by atoms with Crippen molar-refractivity contribution in [2.75, 3.05) is 0 Å². The molecular formula is C65H63N3. The summed E-state index contributed by atoms with van der Waals surface area (Å²) in [6.45, 7) is 28.0. The predicted molar refractivity (Wildman–Crippen MR) is 295 cm³/mol. The van der Waals surface area contributed by atoms with Crippen LogP contribution in [-0.4, -0.2) is 14.1 Å². The van der Waals surface area contributed by atoms with E-state index in [-0.39, 0.29) is 21.7 Å². The molecule has 3 nitrogen and oxygen atoms in total. The molecule has 0 amide bonds. The monoisotopic (exact) mass is 886 g/mol. The fourth-order valence-electron chi connectivity index (χ4n) is 10.6. The lowest BCUT2D eigenvalue weighted by Crippen LogP contribution is -2.14. The van der Waals surface area contributed by atoms with Crippen LogP contribution in [0.4, 0.5) is 0 Å². The lowest BCUT2D eigenvalue weighted by atomic mass is 9.76. The van der Waals surface area contributed by atoms with Crippen molar-refractivity contribution in [3.8, 4) is 11.6 Å². The summed E-state index contributed by atoms with van der Waals surface area (Å²) in [5.41, 5.74) is 10.6. The van der Waals surface area contributed by atoms with Gasteiger partial charge in [0.2, 0.25) is 0 Å². The number of hydrogen-bond acceptors (Lipinski definition) is 1. The molecule has 3 heterocycles. The van der Waals surface area contributed by atoms with E-state index < -0.39 is 0 Å². The first-order valence-electron chi connectivity index (χ1n) is 24.5. The summed E-state index contributed by atoms with van der Waals surface area (Å²) in [5.74, 6) is 1.84. The molecule has 0 aliphatic carbocycles. The lowest BCUT2D eigenvalue weighted by Gasteiger charge is -2.28. The van der Waals surface area contributed by atoms with Crippen molar-refractivity contribution in [2.45, 2.75) is 105 Å². The van der Waals surface area contributed by atoms with Gasteiger partial charge in [-0.15, -0.1) is 0 Å². The van der Waals surface area contributed by atoms with Gasteiger partial charge in [0.25, 0.3) is 0 Å². The maximum atomic E-state index is 5.18. The van der Waals surface area contributed by atoms with Crippen LogP contribution < -0.4 is 0 Å². The van der Waals surface area contributed by atoms with E-state index in [2.05, 4.69) is 256 Å². The van der Waals surface area contributed by atoms with Crippen molar-refractivity contribution in [1.82, 2.24) is 14.1 Å². The van der Waals surface area contributed by atoms with Crippen molar-refractivity contribution in [2.24, 2.45) is 0 Å². The van der Waals surface area contributed by atoms with Gasteiger partial charge in [0.15, 0.2) is 0 Å². The van der Waals surface area contributed by atoms with Gasteiger partial charge in [-0.05, 0) is 148 Å². The molecule has 338 valence electrons. The number of para-hydroxylation sites is 4. The number of nitrogens with zero attached hydrogens (tertiary/aromatic N) is 3. The quantitative estimate of drug-likeness (QED) is 0.125. The molecule has 0 saturated carbocycles. The van der Waals surface area contributed by atoms with E-state index in [1.54, 1.807) is 0 Å². The lowest BCUT2D eigenvalue weighted by molar-refractivity contribution is 0.589. The summed E-state index contributed by atoms with van der Waals surface area (Å²) in [4.78, 5) is 5.18. The van der Waals surface area contributed by atoms with Crippen molar-refractivity contribution in [3.05, 3.63) is 186 Å². The number of aromatic nitrogens is 3. The smallest absolute Gasteiger partial charge is 0.140 e. The third-order valence-electron chi connectivity index (χ3n) is 14.5. The summed E-state index contributed by atoms with van der Waals surface area (Å²) < 4.78 is 4.53. The van der Waals surface area contributed by atoms with E-state index in [9.17, 15) is 0 Å². The molecule has 0 spiro atoms. The first kappa shape index (κ1) is 43.6. The molecule has 3 heteroatoms. The van der Waals surface area contributed by atoms with Gasteiger partial charge in [0, 0.05) is 21.5 Å². The fraction of sp³-hybridized carbons (Fsp3) is 0.246. The maximum absolute atomic E-state index is 5.18. The zero-order valence-electron chi connectivity index (χ0n) is 41.9. The number of fused-ring (bicyclic) bond motifs is 8. The molecule has 68 heavy (non-hydrogen) atoms. The van der Waals surface area contributed by atoms with Crippen molar-refractivity contribution < 1.29 is 0 Å². The minimum Gasteiger partial charge on any atom is -0.294 e. The predicted octanol–water partition coefficient (Wildman–Crippen LogP) is 18.2. The zero-order valence-corrected chi connectivity index (χ0v) is 41.9. The van der Waals surface area contributed by atoms with Crippen LogP contribution in [-0.2, 0) is 21.7 Å². The summed E-state index contributed by atoms with van der Waals surface area (Å²) in [6, 6.07) is 60.3. The Morgan fingerprint density at radius 1 is 0.279 bits per heavy atom. The molecule has 0 aliphatic rings. The van der Waals surface area contributed by atoms with Gasteiger partial charge >= 0.3 is 0 Å². The van der Waals surface area contributed by atoms with Crippen molar-refractivity contribution in [1.29, 1.82) is 0 Å². The van der Waals surface area contributed by atoms with Crippen molar-refractivity contribution >= 4 is 86.7 Å². The third kappa shape index (κ3) is 7.13. The molecule has 0 radical (unpaired) electrons. The average Bonchev–Trinajstić information content (AvgIpc) is 3.82. The van der Waals surface area contributed by atoms with Gasteiger partial charge in [0.1, 0.15) is 11.6 Å². The summed E-state index contributed by atoms with van der Waals surface area (Å²) in [7, 11) is 0. The van der Waals surface area contributed by atoms with Gasteiger partial charge in [-0.2, -0.15) is 0 Å². The molecule has 0 N–H and O–H groups in total. The Morgan fingerprint density at radius 3 is 0.779 bits per heavy atom. The van der Waals surface area contributed by atoms with Crippen LogP contribution in [0.3, 0.4) is 0 Å². The van der Waals surface area contributed by atoms with Crippen LogP contribution in [0.25, 0.3) is 98.3 Å². The Hall–Kier alpha value is -6.97. The Morgan fingerprint density at radius 2 is 0.529 bits per heavy atom. The van der Waals surface area contributed by atoms with E-state index in [0.717, 1.165) is 11.6 Å². The molecule has 3 aromatic heterocycles. The van der Waals surface area contributed by atoms with Crippen LogP contribution in [0.15, 0.2) is 164 Å². The Labute approximate surface area is 401 Å². The number of benzene rings is 9.